The van der Waals surface area contributed by atoms with Crippen molar-refractivity contribution in [2.75, 3.05) is 60.5 Å². The van der Waals surface area contributed by atoms with E-state index in [1.165, 1.54) is 90.7 Å². The number of benzene rings is 10. The van der Waals surface area contributed by atoms with Crippen LogP contribution >= 0.6 is 0 Å². The van der Waals surface area contributed by atoms with Crippen LogP contribution in [0, 0.1) is 38.5 Å². The highest BCUT2D eigenvalue weighted by Gasteiger charge is 2.35. The zero-order chi connectivity index (χ0) is 101. The predicted octanol–water partition coefficient (Wildman–Crippen LogP) is 32.8. The maximum atomic E-state index is 12.5. The molecule has 742 valence electrons. The van der Waals surface area contributed by atoms with Gasteiger partial charge in [-0.3, -0.25) is 4.21 Å². The highest BCUT2D eigenvalue weighted by atomic mass is 32.2. The number of piperidine rings is 1. The minimum atomic E-state index is -3.29. The van der Waals surface area contributed by atoms with E-state index in [1.54, 1.807) is 56.2 Å². The normalized spacial score (nSPS) is 14.1. The molecular weight excluding hydrogens is 1720 g/mol. The first-order valence-corrected chi connectivity index (χ1v) is 53.0. The van der Waals surface area contributed by atoms with Gasteiger partial charge in [0.15, 0.2) is 6.61 Å². The average molecular weight is 1890 g/mol. The summed E-state index contributed by atoms with van der Waals surface area (Å²) in [6.45, 7) is 59.4. The lowest BCUT2D eigenvalue weighted by atomic mass is 9.86. The van der Waals surface area contributed by atoms with Crippen molar-refractivity contribution in [3.05, 3.63) is 296 Å². The molecule has 0 amide bonds. The van der Waals surface area contributed by atoms with E-state index < -0.39 is 37.7 Å². The molecule has 0 bridgehead atoms. The number of aryl methyl sites for hydroxylation is 3. The molecule has 1 saturated heterocycles. The molecule has 1 N–H and O–H groups in total. The van der Waals surface area contributed by atoms with Gasteiger partial charge in [0.25, 0.3) is 5.92 Å². The lowest BCUT2D eigenvalue weighted by Crippen LogP contribution is -2.37. The summed E-state index contributed by atoms with van der Waals surface area (Å²) in [5.74, 6) is 13.6. The second-order valence-corrected chi connectivity index (χ2v) is 45.0. The maximum absolute atomic E-state index is 12.5. The Kier molecular flexibility index (Phi) is 48.7. The van der Waals surface area contributed by atoms with E-state index in [4.69, 9.17) is 28.4 Å². The zero-order valence-electron chi connectivity index (χ0n) is 88.3. The van der Waals surface area contributed by atoms with Crippen LogP contribution in [-0.4, -0.2) is 94.3 Å². The Hall–Kier alpha value is -9.25. The smallest absolute Gasteiger partial charge is 0.278 e. The van der Waals surface area contributed by atoms with Crippen LogP contribution in [0.1, 0.15) is 355 Å². The quantitative estimate of drug-likeness (QED) is 0.0497. The van der Waals surface area contributed by atoms with E-state index in [-0.39, 0.29) is 0 Å². The molecule has 10 aromatic carbocycles. The Morgan fingerprint density at radius 1 is 0.422 bits per heavy atom. The minimum Gasteiger partial charge on any atom is -0.496 e. The van der Waals surface area contributed by atoms with Crippen LogP contribution in [-0.2, 0) is 25.1 Å². The summed E-state index contributed by atoms with van der Waals surface area (Å²) in [6.07, 6.45) is 10.5. The summed E-state index contributed by atoms with van der Waals surface area (Å²) in [5.41, 5.74) is 19.6. The molecule has 11 nitrogen and oxygen atoms in total. The molecule has 3 aliphatic rings. The molecule has 2 aliphatic carbocycles. The second kappa shape index (κ2) is 56.6. The molecular formula is C120H171F2NO10S2. The van der Waals surface area contributed by atoms with Gasteiger partial charge in [0.05, 0.1) is 45.0 Å². The van der Waals surface area contributed by atoms with Crippen LogP contribution in [0.15, 0.2) is 228 Å². The third-order valence-corrected chi connectivity index (χ3v) is 27.8. The number of nitrogens with zero attached hydrogens (tertiary/aromatic N) is 1. The van der Waals surface area contributed by atoms with Crippen molar-refractivity contribution in [2.45, 2.75) is 319 Å². The number of hydrogen-bond acceptors (Lipinski definition) is 10. The number of rotatable bonds is 27. The summed E-state index contributed by atoms with van der Waals surface area (Å²) in [6, 6.07) is 73.7. The number of ether oxygens (including phenoxy) is 6. The highest BCUT2D eigenvalue weighted by Crippen LogP contribution is 2.42. The molecule has 1 heterocycles. The minimum absolute atomic E-state index is 0.388. The number of alkyl halides is 2. The van der Waals surface area contributed by atoms with Gasteiger partial charge in [-0.2, -0.15) is 4.31 Å². The first kappa shape index (κ1) is 116. The second-order valence-electron chi connectivity index (χ2n) is 40.6. The average Bonchev–Trinajstić information content (AvgIpc) is 1.70. The Morgan fingerprint density at radius 3 is 1.13 bits per heavy atom. The monoisotopic (exact) mass is 1890 g/mol. The lowest BCUT2D eigenvalue weighted by molar-refractivity contribution is -0.0229. The lowest BCUT2D eigenvalue weighted by Gasteiger charge is -2.29. The van der Waals surface area contributed by atoms with Crippen molar-refractivity contribution in [2.24, 2.45) is 17.8 Å². The van der Waals surface area contributed by atoms with Crippen molar-refractivity contribution >= 4 is 25.4 Å². The Balaban J connectivity index is 0.000000269. The van der Waals surface area contributed by atoms with Gasteiger partial charge >= 0.3 is 0 Å². The van der Waals surface area contributed by atoms with Crippen molar-refractivity contribution in [3.63, 3.8) is 0 Å². The van der Waals surface area contributed by atoms with Gasteiger partial charge in [-0.1, -0.05) is 312 Å². The molecule has 135 heavy (non-hydrogen) atoms. The van der Waals surface area contributed by atoms with Gasteiger partial charge in [0.1, 0.15) is 34.5 Å². The van der Waals surface area contributed by atoms with Gasteiger partial charge in [0.2, 0.25) is 10.0 Å². The molecule has 2 saturated carbocycles. The van der Waals surface area contributed by atoms with Crippen molar-refractivity contribution in [1.29, 1.82) is 0 Å². The molecule has 13 rings (SSSR count). The fourth-order valence-corrected chi connectivity index (χ4v) is 17.9. The van der Waals surface area contributed by atoms with Crippen molar-refractivity contribution < 1.29 is 54.9 Å². The van der Waals surface area contributed by atoms with Gasteiger partial charge in [-0.15, -0.1) is 0 Å². The summed E-state index contributed by atoms with van der Waals surface area (Å²) >= 11 is 0. The molecule has 3 fully saturated rings. The fraction of sp³-hybridized carbons (Fsp3) is 0.492. The highest BCUT2D eigenvalue weighted by molar-refractivity contribution is 7.99. The van der Waals surface area contributed by atoms with Crippen LogP contribution in [0.4, 0.5) is 8.78 Å². The Morgan fingerprint density at radius 2 is 0.770 bits per heavy atom. The number of halogens is 2. The largest absolute Gasteiger partial charge is 0.496 e. The number of hydrogen-bond donors (Lipinski definition) is 1. The molecule has 1 aliphatic heterocycles. The number of aliphatic hydroxyl groups is 1. The maximum Gasteiger partial charge on any atom is 0.278 e. The van der Waals surface area contributed by atoms with E-state index in [0.717, 1.165) is 109 Å². The SMILES string of the molecule is C=S(C)(=O)c1cc(C(C)C)ccc1C(C)C.CC(C)COc1ccc(C(C)C)cc1.CC(C)c1ccc(OCC(C)(F)F)cc1.CC(C)c1ccc(OCC2CC2)cc1.CC1CCN(S(=O)(=O)c2ccc(C(C)C)cc2)CC1.COc1ccc(C(C)C)cc1-c1ccccc1.COc1ccc(C(C)C)cc1C.COc1ccc(C(C)C)cc1C.Cc1cc(C(C)C)ccc1C1(O)CCCC1. The summed E-state index contributed by atoms with van der Waals surface area (Å²) in [4.78, 5) is 1.35. The van der Waals surface area contributed by atoms with Gasteiger partial charge in [-0.25, -0.2) is 17.2 Å². The first-order chi connectivity index (χ1) is 63.4. The van der Waals surface area contributed by atoms with E-state index in [1.807, 2.05) is 42.5 Å². The number of methoxy groups -OCH3 is 3. The van der Waals surface area contributed by atoms with Gasteiger partial charge in [-0.05, 0) is 314 Å². The fourth-order valence-electron chi connectivity index (χ4n) is 15.2. The van der Waals surface area contributed by atoms with E-state index in [9.17, 15) is 26.5 Å². The summed E-state index contributed by atoms with van der Waals surface area (Å²) in [7, 11) is -0.299. The van der Waals surface area contributed by atoms with E-state index >= 15 is 0 Å². The third kappa shape index (κ3) is 40.4. The van der Waals surface area contributed by atoms with Crippen LogP contribution in [0.25, 0.3) is 11.1 Å². The molecule has 0 spiro atoms. The molecule has 1 unspecified atom stereocenters. The van der Waals surface area contributed by atoms with Crippen LogP contribution < -0.4 is 28.4 Å². The standard InChI is InChI=1S/C16H18O.C15H23NO2S.C15H22O.C14H22OS.C13H18O.C13H20O.C12H16F2O.2C11H16O/c1-12(2)14-9-10-16(17-3)15(11-14)13-7-5-4-6-8-13;1-12(2)14-4-6-15(7-5-14)19(17,18)16-10-8-13(3)9-11-16;1-11(2)13-6-7-14(12(3)10-13)15(16)8-4-5-9-15;1-10(2)12-7-8-13(11(3)4)14(9-12)16(5,6)15;1-10(2)12-5-7-13(8-6-12)14-9-11-3-4-11;1-10(2)9-14-13-7-5-12(6-8-13)11(3)4;1-9(2)10-4-6-11(7-5-10)15-8-12(3,13)14;2*1-8(2)10-5-6-11(12-4)9(3)7-10/h4-12H,1-3H3;4-7,12-13H,8-11H2,1-3H3;6-7,10-11,16H,4-5,8-9H2,1-3H3;7-11H,5H2,1-4,6H3;5-8,10-11H,3-4,9H2,1-2H3;5-8,10-11H,9H2,1-4H3;4-7,9H,8H2,1-3H3;2*5-8H,1-4H3. The first-order valence-electron chi connectivity index (χ1n) is 49.4. The predicted molar refractivity (Wildman–Crippen MR) is 572 cm³/mol. The molecule has 15 heteroatoms. The summed E-state index contributed by atoms with van der Waals surface area (Å²) in [5, 5.41) is 10.6. The molecule has 10 aromatic rings. The van der Waals surface area contributed by atoms with Crippen LogP contribution in [0.2, 0.25) is 0 Å². The van der Waals surface area contributed by atoms with Crippen LogP contribution in [0.5, 0.6) is 34.5 Å². The Bertz CT molecular complexity index is 5190. The molecule has 0 aromatic heterocycles. The zero-order valence-corrected chi connectivity index (χ0v) is 90.0. The van der Waals surface area contributed by atoms with Crippen LogP contribution in [0.3, 0.4) is 0 Å². The van der Waals surface area contributed by atoms with Gasteiger partial charge < -0.3 is 33.5 Å². The Labute approximate surface area is 818 Å². The molecule has 1 atom stereocenters. The summed E-state index contributed by atoms with van der Waals surface area (Å²) < 4.78 is 95.8. The van der Waals surface area contributed by atoms with Crippen molar-refractivity contribution in [1.82, 2.24) is 4.31 Å². The molecule has 0 radical (unpaired) electrons. The number of sulfonamides is 1. The van der Waals surface area contributed by atoms with Gasteiger partial charge in [0, 0.05) is 36.7 Å². The van der Waals surface area contributed by atoms with Crippen molar-refractivity contribution in [3.8, 4) is 45.6 Å². The third-order valence-electron chi connectivity index (χ3n) is 24.6. The topological polar surface area (TPSA) is 130 Å². The van der Waals surface area contributed by atoms with E-state index in [2.05, 4.69) is 338 Å². The van der Waals surface area contributed by atoms with E-state index in [0.29, 0.717) is 94.7 Å².